The van der Waals surface area contributed by atoms with Crippen molar-refractivity contribution in [3.63, 3.8) is 0 Å². The van der Waals surface area contributed by atoms with E-state index in [9.17, 15) is 15.0 Å². The number of phenols is 2. The molecule has 2 rings (SSSR count). The molecule has 18 heavy (non-hydrogen) atoms. The molecule has 0 saturated carbocycles. The Kier molecular flexibility index (Phi) is 3.72. The van der Waals surface area contributed by atoms with Gasteiger partial charge in [-0.2, -0.15) is 0 Å². The minimum atomic E-state index is -0.182. The van der Waals surface area contributed by atoms with E-state index in [1.54, 1.807) is 6.07 Å². The summed E-state index contributed by atoms with van der Waals surface area (Å²) in [5.74, 6) is -0.280. The first kappa shape index (κ1) is 12.7. The average Bonchev–Trinajstić information content (AvgIpc) is 2.34. The number of phenolic OH excluding ortho intramolecular Hbond substituents is 2. The van der Waals surface area contributed by atoms with Crippen molar-refractivity contribution in [1.82, 2.24) is 9.80 Å². The molecule has 1 saturated heterocycles. The largest absolute Gasteiger partial charge is 0.504 e. The van der Waals surface area contributed by atoms with E-state index in [0.717, 1.165) is 26.2 Å². The molecule has 1 aliphatic heterocycles. The number of piperazine rings is 1. The number of nitrogens with zero attached hydrogens (tertiary/aromatic N) is 2. The molecule has 0 spiro atoms. The van der Waals surface area contributed by atoms with Crippen LogP contribution in [-0.2, 0) is 11.2 Å². The van der Waals surface area contributed by atoms with Crippen LogP contribution in [0.1, 0.15) is 5.56 Å². The van der Waals surface area contributed by atoms with Gasteiger partial charge in [-0.3, -0.25) is 4.79 Å². The summed E-state index contributed by atoms with van der Waals surface area (Å²) in [6.45, 7) is 3.29. The van der Waals surface area contributed by atoms with Crippen LogP contribution < -0.4 is 0 Å². The van der Waals surface area contributed by atoms with Gasteiger partial charge in [0.2, 0.25) is 5.91 Å². The molecule has 1 aromatic carbocycles. The first-order chi connectivity index (χ1) is 8.56. The molecular formula is C13H18N2O3. The van der Waals surface area contributed by atoms with Crippen LogP contribution in [-0.4, -0.2) is 59.1 Å². The van der Waals surface area contributed by atoms with Gasteiger partial charge in [0.05, 0.1) is 6.42 Å². The summed E-state index contributed by atoms with van der Waals surface area (Å²) in [7, 11) is 2.04. The van der Waals surface area contributed by atoms with E-state index >= 15 is 0 Å². The van der Waals surface area contributed by atoms with Gasteiger partial charge in [0.25, 0.3) is 0 Å². The molecule has 0 aliphatic carbocycles. The monoisotopic (exact) mass is 250 g/mol. The number of hydrogen-bond acceptors (Lipinski definition) is 4. The third kappa shape index (κ3) is 2.92. The van der Waals surface area contributed by atoms with Crippen LogP contribution in [0.15, 0.2) is 18.2 Å². The van der Waals surface area contributed by atoms with Crippen molar-refractivity contribution in [3.8, 4) is 11.5 Å². The minimum Gasteiger partial charge on any atom is -0.504 e. The Morgan fingerprint density at radius 2 is 1.83 bits per heavy atom. The molecule has 2 N–H and O–H groups in total. The van der Waals surface area contributed by atoms with Crippen molar-refractivity contribution in [2.75, 3.05) is 33.2 Å². The number of rotatable bonds is 2. The Balaban J connectivity index is 1.96. The second-order valence-corrected chi connectivity index (χ2v) is 4.68. The van der Waals surface area contributed by atoms with Gasteiger partial charge in [-0.15, -0.1) is 0 Å². The van der Waals surface area contributed by atoms with Gasteiger partial charge >= 0.3 is 0 Å². The number of amides is 1. The van der Waals surface area contributed by atoms with Crippen molar-refractivity contribution < 1.29 is 15.0 Å². The van der Waals surface area contributed by atoms with E-state index in [-0.39, 0.29) is 23.8 Å². The molecule has 5 heteroatoms. The molecule has 0 unspecified atom stereocenters. The van der Waals surface area contributed by atoms with Gasteiger partial charge in [0, 0.05) is 26.2 Å². The van der Waals surface area contributed by atoms with Crippen LogP contribution >= 0.6 is 0 Å². The highest BCUT2D eigenvalue weighted by molar-refractivity contribution is 5.79. The number of aromatic hydroxyl groups is 2. The fourth-order valence-corrected chi connectivity index (χ4v) is 2.02. The SMILES string of the molecule is CN1CCN(C(=O)Cc2ccc(O)c(O)c2)CC1. The zero-order chi connectivity index (χ0) is 13.1. The Morgan fingerprint density at radius 3 is 2.44 bits per heavy atom. The normalized spacial score (nSPS) is 16.8. The van der Waals surface area contributed by atoms with Gasteiger partial charge in [0.1, 0.15) is 0 Å². The van der Waals surface area contributed by atoms with Crippen LogP contribution in [0.5, 0.6) is 11.5 Å². The zero-order valence-corrected chi connectivity index (χ0v) is 10.5. The molecule has 0 radical (unpaired) electrons. The lowest BCUT2D eigenvalue weighted by molar-refractivity contribution is -0.132. The zero-order valence-electron chi connectivity index (χ0n) is 10.5. The molecule has 0 aromatic heterocycles. The lowest BCUT2D eigenvalue weighted by atomic mass is 10.1. The number of carbonyl (C=O) groups is 1. The highest BCUT2D eigenvalue weighted by Crippen LogP contribution is 2.25. The summed E-state index contributed by atoms with van der Waals surface area (Å²) in [5, 5.41) is 18.6. The predicted molar refractivity (Wildman–Crippen MR) is 67.6 cm³/mol. The van der Waals surface area contributed by atoms with Gasteiger partial charge in [0.15, 0.2) is 11.5 Å². The molecule has 0 atom stereocenters. The topological polar surface area (TPSA) is 64.0 Å². The Labute approximate surface area is 106 Å². The molecule has 5 nitrogen and oxygen atoms in total. The van der Waals surface area contributed by atoms with Crippen molar-refractivity contribution in [2.24, 2.45) is 0 Å². The summed E-state index contributed by atoms with van der Waals surface area (Å²) < 4.78 is 0. The summed E-state index contributed by atoms with van der Waals surface area (Å²) in [5.41, 5.74) is 0.717. The third-order valence-electron chi connectivity index (χ3n) is 3.25. The highest BCUT2D eigenvalue weighted by Gasteiger charge is 2.19. The van der Waals surface area contributed by atoms with Gasteiger partial charge < -0.3 is 20.0 Å². The van der Waals surface area contributed by atoms with Crippen LogP contribution in [0, 0.1) is 0 Å². The number of carbonyl (C=O) groups excluding carboxylic acids is 1. The third-order valence-corrected chi connectivity index (χ3v) is 3.25. The molecule has 98 valence electrons. The maximum absolute atomic E-state index is 12.0. The molecule has 1 heterocycles. The summed E-state index contributed by atoms with van der Waals surface area (Å²) in [4.78, 5) is 16.1. The van der Waals surface area contributed by atoms with Gasteiger partial charge in [-0.25, -0.2) is 0 Å². The highest BCUT2D eigenvalue weighted by atomic mass is 16.3. The maximum atomic E-state index is 12.0. The van der Waals surface area contributed by atoms with E-state index < -0.39 is 0 Å². The van der Waals surface area contributed by atoms with Crippen molar-refractivity contribution in [2.45, 2.75) is 6.42 Å². The van der Waals surface area contributed by atoms with Crippen LogP contribution in [0.2, 0.25) is 0 Å². The van der Waals surface area contributed by atoms with E-state index in [2.05, 4.69) is 4.90 Å². The predicted octanol–water partition coefficient (Wildman–Crippen LogP) is 0.414. The Bertz CT molecular complexity index is 440. The van der Waals surface area contributed by atoms with E-state index in [4.69, 9.17) is 0 Å². The smallest absolute Gasteiger partial charge is 0.227 e. The van der Waals surface area contributed by atoms with Crippen molar-refractivity contribution in [3.05, 3.63) is 23.8 Å². The lowest BCUT2D eigenvalue weighted by Gasteiger charge is -2.32. The Hall–Kier alpha value is -1.75. The fraction of sp³-hybridized carbons (Fsp3) is 0.462. The van der Waals surface area contributed by atoms with Crippen molar-refractivity contribution >= 4 is 5.91 Å². The van der Waals surface area contributed by atoms with Gasteiger partial charge in [-0.1, -0.05) is 6.07 Å². The van der Waals surface area contributed by atoms with Crippen LogP contribution in [0.4, 0.5) is 0 Å². The standard InChI is InChI=1S/C13H18N2O3/c1-14-4-6-15(7-5-14)13(18)9-10-2-3-11(16)12(17)8-10/h2-3,8,16-17H,4-7,9H2,1H3. The second-order valence-electron chi connectivity index (χ2n) is 4.68. The fourth-order valence-electron chi connectivity index (χ4n) is 2.02. The first-order valence-corrected chi connectivity index (χ1v) is 6.03. The molecule has 1 aliphatic rings. The van der Waals surface area contributed by atoms with E-state index in [1.807, 2.05) is 11.9 Å². The number of hydrogen-bond donors (Lipinski definition) is 2. The molecular weight excluding hydrogens is 232 g/mol. The minimum absolute atomic E-state index is 0.0631. The van der Waals surface area contributed by atoms with Crippen molar-refractivity contribution in [1.29, 1.82) is 0 Å². The summed E-state index contributed by atoms with van der Waals surface area (Å²) in [6, 6.07) is 4.49. The molecule has 1 aromatic rings. The van der Waals surface area contributed by atoms with Crippen LogP contribution in [0.3, 0.4) is 0 Å². The van der Waals surface area contributed by atoms with Gasteiger partial charge in [-0.05, 0) is 24.7 Å². The average molecular weight is 250 g/mol. The lowest BCUT2D eigenvalue weighted by Crippen LogP contribution is -2.47. The number of benzene rings is 1. The molecule has 1 amide bonds. The van der Waals surface area contributed by atoms with Crippen LogP contribution in [0.25, 0.3) is 0 Å². The maximum Gasteiger partial charge on any atom is 0.227 e. The summed E-state index contributed by atoms with van der Waals surface area (Å²) >= 11 is 0. The quantitative estimate of drug-likeness (QED) is 0.746. The van der Waals surface area contributed by atoms with E-state index in [1.165, 1.54) is 12.1 Å². The number of likely N-dealkylation sites (N-methyl/N-ethyl adjacent to an activating group) is 1. The molecule has 0 bridgehead atoms. The Morgan fingerprint density at radius 1 is 1.17 bits per heavy atom. The summed E-state index contributed by atoms with van der Waals surface area (Å²) in [6.07, 6.45) is 0.261. The van der Waals surface area contributed by atoms with E-state index in [0.29, 0.717) is 5.56 Å². The second kappa shape index (κ2) is 5.27. The first-order valence-electron chi connectivity index (χ1n) is 6.03. The molecule has 1 fully saturated rings.